The molecule has 0 aromatic heterocycles. The fourth-order valence-corrected chi connectivity index (χ4v) is 2.93. The molecule has 0 bridgehead atoms. The standard InChI is InChI=1S/C21H16N2O/c1-2-10-18(11-3-1)22-23-24-15-21-19-12-6-4-8-16(19)14-17-9-5-7-13-20(17)21/h1-14H,15H2. The quantitative estimate of drug-likeness (QED) is 0.250. The van der Waals surface area contributed by atoms with Crippen molar-refractivity contribution in [1.29, 1.82) is 0 Å². The fraction of sp³-hybridized carbons (Fsp3) is 0.0476. The molecule has 0 fully saturated rings. The molecule has 4 aromatic carbocycles. The van der Waals surface area contributed by atoms with Crippen LogP contribution in [0.1, 0.15) is 5.56 Å². The summed E-state index contributed by atoms with van der Waals surface area (Å²) in [6.45, 7) is 0.387. The molecule has 0 radical (unpaired) electrons. The zero-order valence-corrected chi connectivity index (χ0v) is 13.1. The maximum atomic E-state index is 5.50. The second-order valence-electron chi connectivity index (χ2n) is 5.59. The van der Waals surface area contributed by atoms with E-state index in [-0.39, 0.29) is 0 Å². The van der Waals surface area contributed by atoms with E-state index in [4.69, 9.17) is 4.84 Å². The molecular formula is C21H16N2O. The maximum absolute atomic E-state index is 5.50. The van der Waals surface area contributed by atoms with E-state index in [0.717, 1.165) is 11.3 Å². The smallest absolute Gasteiger partial charge is 0.145 e. The van der Waals surface area contributed by atoms with E-state index >= 15 is 0 Å². The Hall–Kier alpha value is -3.20. The first-order chi connectivity index (χ1) is 11.9. The average Bonchev–Trinajstić information content (AvgIpc) is 2.65. The Bertz CT molecular complexity index is 956. The van der Waals surface area contributed by atoms with Crippen LogP contribution >= 0.6 is 0 Å². The van der Waals surface area contributed by atoms with Gasteiger partial charge in [0.2, 0.25) is 0 Å². The first kappa shape index (κ1) is 14.4. The third-order valence-electron chi connectivity index (χ3n) is 4.06. The summed E-state index contributed by atoms with van der Waals surface area (Å²) in [6.07, 6.45) is 0. The minimum Gasteiger partial charge on any atom is -0.374 e. The first-order valence-electron chi connectivity index (χ1n) is 7.89. The van der Waals surface area contributed by atoms with Gasteiger partial charge in [0.1, 0.15) is 6.61 Å². The van der Waals surface area contributed by atoms with Gasteiger partial charge < -0.3 is 4.84 Å². The van der Waals surface area contributed by atoms with Crippen LogP contribution in [0.4, 0.5) is 5.69 Å². The number of benzene rings is 4. The van der Waals surface area contributed by atoms with Crippen molar-refractivity contribution in [2.75, 3.05) is 0 Å². The van der Waals surface area contributed by atoms with Crippen molar-refractivity contribution in [1.82, 2.24) is 0 Å². The van der Waals surface area contributed by atoms with Gasteiger partial charge in [-0.1, -0.05) is 66.7 Å². The van der Waals surface area contributed by atoms with Crippen LogP contribution in [-0.4, -0.2) is 0 Å². The summed E-state index contributed by atoms with van der Waals surface area (Å²) >= 11 is 0. The molecule has 0 heterocycles. The molecule has 0 atom stereocenters. The molecule has 0 saturated heterocycles. The molecule has 0 N–H and O–H groups in total. The molecule has 0 aliphatic rings. The number of fused-ring (bicyclic) bond motifs is 2. The minimum atomic E-state index is 0.387. The lowest BCUT2D eigenvalue weighted by Gasteiger charge is -2.10. The number of hydrogen-bond donors (Lipinski definition) is 0. The lowest BCUT2D eigenvalue weighted by Crippen LogP contribution is -1.91. The molecular weight excluding hydrogens is 296 g/mol. The Balaban J connectivity index is 1.68. The van der Waals surface area contributed by atoms with E-state index in [1.54, 1.807) is 0 Å². The second kappa shape index (κ2) is 6.50. The fourth-order valence-electron chi connectivity index (χ4n) is 2.93. The number of nitrogens with zero attached hydrogens (tertiary/aromatic N) is 2. The van der Waals surface area contributed by atoms with Crippen molar-refractivity contribution in [3.8, 4) is 0 Å². The zero-order valence-electron chi connectivity index (χ0n) is 13.1. The highest BCUT2D eigenvalue weighted by Crippen LogP contribution is 2.29. The molecule has 0 unspecified atom stereocenters. The predicted octanol–water partition coefficient (Wildman–Crippen LogP) is 6.21. The summed E-state index contributed by atoms with van der Waals surface area (Å²) in [4.78, 5) is 5.50. The van der Waals surface area contributed by atoms with Gasteiger partial charge in [-0.15, -0.1) is 5.11 Å². The van der Waals surface area contributed by atoms with Gasteiger partial charge in [0.05, 0.1) is 5.69 Å². The SMILES string of the molecule is c1ccc(N=NOCc2c3ccccc3cc3ccccc23)cc1. The Morgan fingerprint density at radius 1 is 0.667 bits per heavy atom. The Morgan fingerprint density at radius 2 is 1.25 bits per heavy atom. The van der Waals surface area contributed by atoms with E-state index in [1.165, 1.54) is 21.5 Å². The molecule has 3 heteroatoms. The lowest BCUT2D eigenvalue weighted by molar-refractivity contribution is 0.114. The summed E-state index contributed by atoms with van der Waals surface area (Å²) in [5.41, 5.74) is 1.91. The second-order valence-corrected chi connectivity index (χ2v) is 5.59. The topological polar surface area (TPSA) is 34.0 Å². The van der Waals surface area contributed by atoms with E-state index < -0.39 is 0 Å². The van der Waals surface area contributed by atoms with Crippen molar-refractivity contribution >= 4 is 27.2 Å². The van der Waals surface area contributed by atoms with E-state index in [2.05, 4.69) is 52.9 Å². The normalized spacial score (nSPS) is 11.3. The van der Waals surface area contributed by atoms with Crippen molar-refractivity contribution < 1.29 is 4.84 Å². The Morgan fingerprint density at radius 3 is 1.92 bits per heavy atom. The lowest BCUT2D eigenvalue weighted by atomic mass is 9.97. The molecule has 0 saturated carbocycles. The van der Waals surface area contributed by atoms with Crippen LogP contribution in [0, 0.1) is 0 Å². The van der Waals surface area contributed by atoms with Crippen molar-refractivity contribution in [2.24, 2.45) is 10.4 Å². The van der Waals surface area contributed by atoms with Gasteiger partial charge in [-0.05, 0) is 39.7 Å². The summed E-state index contributed by atoms with van der Waals surface area (Å²) in [7, 11) is 0. The van der Waals surface area contributed by atoms with E-state index in [0.29, 0.717) is 6.61 Å². The average molecular weight is 312 g/mol. The zero-order chi connectivity index (χ0) is 16.2. The van der Waals surface area contributed by atoms with Crippen LogP contribution in [-0.2, 0) is 11.4 Å². The van der Waals surface area contributed by atoms with Crippen LogP contribution < -0.4 is 0 Å². The van der Waals surface area contributed by atoms with E-state index in [9.17, 15) is 0 Å². The molecule has 0 aliphatic heterocycles. The molecule has 0 amide bonds. The van der Waals surface area contributed by atoms with Crippen molar-refractivity contribution in [3.05, 3.63) is 90.5 Å². The summed E-state index contributed by atoms with van der Waals surface area (Å²) in [5, 5.41) is 12.7. The molecule has 0 aliphatic carbocycles. The summed E-state index contributed by atoms with van der Waals surface area (Å²) < 4.78 is 0. The molecule has 0 spiro atoms. The predicted molar refractivity (Wildman–Crippen MR) is 97.2 cm³/mol. The van der Waals surface area contributed by atoms with Crippen LogP contribution in [0.25, 0.3) is 21.5 Å². The molecule has 3 nitrogen and oxygen atoms in total. The first-order valence-corrected chi connectivity index (χ1v) is 7.89. The van der Waals surface area contributed by atoms with Gasteiger partial charge in [-0.2, -0.15) is 0 Å². The third-order valence-corrected chi connectivity index (χ3v) is 4.06. The monoisotopic (exact) mass is 312 g/mol. The van der Waals surface area contributed by atoms with Gasteiger partial charge in [0, 0.05) is 10.8 Å². The van der Waals surface area contributed by atoms with E-state index in [1.807, 2.05) is 42.5 Å². The van der Waals surface area contributed by atoms with Gasteiger partial charge in [-0.3, -0.25) is 0 Å². The van der Waals surface area contributed by atoms with Crippen LogP contribution in [0.3, 0.4) is 0 Å². The third kappa shape index (κ3) is 2.84. The summed E-state index contributed by atoms with van der Waals surface area (Å²) in [6, 6.07) is 28.5. The molecule has 24 heavy (non-hydrogen) atoms. The Labute approximate surface area is 140 Å². The number of rotatable bonds is 4. The molecule has 4 rings (SSSR count). The molecule has 4 aromatic rings. The van der Waals surface area contributed by atoms with Crippen LogP contribution in [0.5, 0.6) is 0 Å². The van der Waals surface area contributed by atoms with Crippen LogP contribution in [0.15, 0.2) is 95.3 Å². The van der Waals surface area contributed by atoms with Crippen LogP contribution in [0.2, 0.25) is 0 Å². The van der Waals surface area contributed by atoms with Gasteiger partial charge in [0.25, 0.3) is 0 Å². The highest BCUT2D eigenvalue weighted by molar-refractivity contribution is 6.02. The molecule has 116 valence electrons. The highest BCUT2D eigenvalue weighted by atomic mass is 16.6. The van der Waals surface area contributed by atoms with Gasteiger partial charge in [-0.25, -0.2) is 0 Å². The maximum Gasteiger partial charge on any atom is 0.145 e. The van der Waals surface area contributed by atoms with Gasteiger partial charge >= 0.3 is 0 Å². The van der Waals surface area contributed by atoms with Gasteiger partial charge in [0.15, 0.2) is 0 Å². The Kier molecular flexibility index (Phi) is 3.90. The number of hydrogen-bond acceptors (Lipinski definition) is 3. The van der Waals surface area contributed by atoms with Crippen molar-refractivity contribution in [2.45, 2.75) is 6.61 Å². The van der Waals surface area contributed by atoms with Crippen molar-refractivity contribution in [3.63, 3.8) is 0 Å². The minimum absolute atomic E-state index is 0.387. The largest absolute Gasteiger partial charge is 0.374 e. The highest BCUT2D eigenvalue weighted by Gasteiger charge is 2.07. The summed E-state index contributed by atoms with van der Waals surface area (Å²) in [5.74, 6) is 0.